The van der Waals surface area contributed by atoms with E-state index in [2.05, 4.69) is 41.4 Å². The van der Waals surface area contributed by atoms with Gasteiger partial charge < -0.3 is 9.30 Å². The monoisotopic (exact) mass is 399 g/mol. The van der Waals surface area contributed by atoms with Gasteiger partial charge in [0.15, 0.2) is 5.16 Å². The lowest BCUT2D eigenvalue weighted by molar-refractivity contribution is -0.141. The molecule has 27 heavy (non-hydrogen) atoms. The van der Waals surface area contributed by atoms with Gasteiger partial charge in [0, 0.05) is 11.9 Å². The average molecular weight is 400 g/mol. The summed E-state index contributed by atoms with van der Waals surface area (Å²) < 4.78 is 7.22. The van der Waals surface area contributed by atoms with Gasteiger partial charge in [0.05, 0.1) is 11.5 Å². The molecule has 0 atom stereocenters. The Morgan fingerprint density at radius 1 is 1.04 bits per heavy atom. The standard InChI is InChI=1S/C20H21N3O2S2/c1-15-8-10-17(11-9-15)26-13-18-21-22-20(23(18)2)27-14-19(24)25-12-16-6-4-3-5-7-16/h3-11H,12-14H2,1-2H3. The van der Waals surface area contributed by atoms with E-state index in [0.29, 0.717) is 5.16 Å². The first-order valence-electron chi connectivity index (χ1n) is 8.52. The second kappa shape index (κ2) is 9.62. The van der Waals surface area contributed by atoms with E-state index in [4.69, 9.17) is 4.74 Å². The number of rotatable bonds is 8. The van der Waals surface area contributed by atoms with Crippen LogP contribution in [0.3, 0.4) is 0 Å². The predicted molar refractivity (Wildman–Crippen MR) is 109 cm³/mol. The van der Waals surface area contributed by atoms with Crippen molar-refractivity contribution in [3.05, 3.63) is 71.5 Å². The Hall–Kier alpha value is -2.25. The fourth-order valence-electron chi connectivity index (χ4n) is 2.28. The van der Waals surface area contributed by atoms with E-state index >= 15 is 0 Å². The Morgan fingerprint density at radius 3 is 2.52 bits per heavy atom. The zero-order valence-electron chi connectivity index (χ0n) is 15.3. The van der Waals surface area contributed by atoms with Gasteiger partial charge in [-0.3, -0.25) is 4.79 Å². The molecule has 0 N–H and O–H groups in total. The lowest BCUT2D eigenvalue weighted by Gasteiger charge is -2.06. The molecule has 1 aromatic heterocycles. The highest BCUT2D eigenvalue weighted by Crippen LogP contribution is 2.24. The Bertz CT molecular complexity index is 880. The molecule has 0 radical (unpaired) electrons. The number of nitrogens with zero attached hydrogens (tertiary/aromatic N) is 3. The number of hydrogen-bond donors (Lipinski definition) is 0. The average Bonchev–Trinajstić information content (AvgIpc) is 3.05. The van der Waals surface area contributed by atoms with Gasteiger partial charge in [-0.2, -0.15) is 0 Å². The van der Waals surface area contributed by atoms with E-state index in [-0.39, 0.29) is 18.3 Å². The summed E-state index contributed by atoms with van der Waals surface area (Å²) in [5.41, 5.74) is 2.22. The van der Waals surface area contributed by atoms with Gasteiger partial charge in [-0.25, -0.2) is 0 Å². The number of aryl methyl sites for hydroxylation is 1. The molecule has 0 spiro atoms. The number of hydrogen-bond acceptors (Lipinski definition) is 6. The van der Waals surface area contributed by atoms with Crippen LogP contribution in [-0.2, 0) is 28.9 Å². The largest absolute Gasteiger partial charge is 0.460 e. The molecule has 0 bridgehead atoms. The molecule has 0 aliphatic rings. The molecule has 3 aromatic rings. The topological polar surface area (TPSA) is 57.0 Å². The first-order valence-corrected chi connectivity index (χ1v) is 10.5. The van der Waals surface area contributed by atoms with Gasteiger partial charge in [0.2, 0.25) is 0 Å². The Kier molecular flexibility index (Phi) is 6.95. The molecule has 1 heterocycles. The second-order valence-electron chi connectivity index (χ2n) is 5.99. The number of esters is 1. The maximum absolute atomic E-state index is 11.9. The number of thioether (sulfide) groups is 2. The molecule has 0 saturated heterocycles. The fraction of sp³-hybridized carbons (Fsp3) is 0.250. The highest BCUT2D eigenvalue weighted by Gasteiger charge is 2.12. The molecule has 0 aliphatic carbocycles. The number of ether oxygens (including phenoxy) is 1. The predicted octanol–water partition coefficient (Wildman–Crippen LogP) is 4.25. The minimum Gasteiger partial charge on any atom is -0.460 e. The molecule has 0 aliphatic heterocycles. The maximum atomic E-state index is 11.9. The third-order valence-corrected chi connectivity index (χ3v) is 5.88. The van der Waals surface area contributed by atoms with Crippen LogP contribution >= 0.6 is 23.5 Å². The summed E-state index contributed by atoms with van der Waals surface area (Å²) in [6.45, 7) is 2.36. The van der Waals surface area contributed by atoms with Crippen molar-refractivity contribution in [1.82, 2.24) is 14.8 Å². The smallest absolute Gasteiger partial charge is 0.316 e. The van der Waals surface area contributed by atoms with Crippen molar-refractivity contribution in [3.63, 3.8) is 0 Å². The van der Waals surface area contributed by atoms with Crippen LogP contribution in [0.25, 0.3) is 0 Å². The van der Waals surface area contributed by atoms with Crippen LogP contribution in [0.15, 0.2) is 64.6 Å². The third-order valence-electron chi connectivity index (χ3n) is 3.88. The van der Waals surface area contributed by atoms with E-state index < -0.39 is 0 Å². The van der Waals surface area contributed by atoms with Gasteiger partial charge in [0.25, 0.3) is 0 Å². The molecular formula is C20H21N3O2S2. The van der Waals surface area contributed by atoms with Crippen molar-refractivity contribution in [1.29, 1.82) is 0 Å². The van der Waals surface area contributed by atoms with Crippen LogP contribution in [0.4, 0.5) is 0 Å². The summed E-state index contributed by atoms with van der Waals surface area (Å²) in [5, 5.41) is 9.14. The SMILES string of the molecule is Cc1ccc(SCc2nnc(SCC(=O)OCc3ccccc3)n2C)cc1. The van der Waals surface area contributed by atoms with Crippen molar-refractivity contribution in [3.8, 4) is 0 Å². The Balaban J connectivity index is 1.46. The summed E-state index contributed by atoms with van der Waals surface area (Å²) in [5.74, 6) is 1.55. The van der Waals surface area contributed by atoms with E-state index in [1.807, 2.05) is 41.9 Å². The van der Waals surface area contributed by atoms with Crippen LogP contribution in [0, 0.1) is 6.92 Å². The summed E-state index contributed by atoms with van der Waals surface area (Å²) in [7, 11) is 1.92. The van der Waals surface area contributed by atoms with Gasteiger partial charge >= 0.3 is 5.97 Å². The van der Waals surface area contributed by atoms with Crippen LogP contribution in [0.2, 0.25) is 0 Å². The van der Waals surface area contributed by atoms with Gasteiger partial charge in [-0.1, -0.05) is 59.8 Å². The molecular weight excluding hydrogens is 378 g/mol. The van der Waals surface area contributed by atoms with Crippen LogP contribution in [0.1, 0.15) is 17.0 Å². The molecule has 0 unspecified atom stereocenters. The summed E-state index contributed by atoms with van der Waals surface area (Å²) in [6, 6.07) is 18.1. The van der Waals surface area contributed by atoms with Crippen molar-refractivity contribution in [2.24, 2.45) is 7.05 Å². The highest BCUT2D eigenvalue weighted by atomic mass is 32.2. The van der Waals surface area contributed by atoms with Crippen LogP contribution in [0.5, 0.6) is 0 Å². The molecule has 0 saturated carbocycles. The molecule has 5 nitrogen and oxygen atoms in total. The maximum Gasteiger partial charge on any atom is 0.316 e. The van der Waals surface area contributed by atoms with Gasteiger partial charge in [-0.15, -0.1) is 22.0 Å². The van der Waals surface area contributed by atoms with Crippen molar-refractivity contribution >= 4 is 29.5 Å². The molecule has 0 fully saturated rings. The van der Waals surface area contributed by atoms with Crippen molar-refractivity contribution < 1.29 is 9.53 Å². The zero-order valence-corrected chi connectivity index (χ0v) is 16.9. The number of carbonyl (C=O) groups excluding carboxylic acids is 1. The summed E-state index contributed by atoms with van der Waals surface area (Å²) in [4.78, 5) is 13.1. The molecule has 140 valence electrons. The van der Waals surface area contributed by atoms with Gasteiger partial charge in [0.1, 0.15) is 12.4 Å². The minimum atomic E-state index is -0.262. The molecule has 2 aromatic carbocycles. The van der Waals surface area contributed by atoms with E-state index in [1.54, 1.807) is 11.8 Å². The summed E-state index contributed by atoms with van der Waals surface area (Å²) >= 11 is 3.06. The van der Waals surface area contributed by atoms with Crippen molar-refractivity contribution in [2.45, 2.75) is 29.3 Å². The van der Waals surface area contributed by atoms with E-state index in [1.165, 1.54) is 22.2 Å². The molecule has 3 rings (SSSR count). The number of benzene rings is 2. The quantitative estimate of drug-likeness (QED) is 0.417. The third kappa shape index (κ3) is 5.87. The lowest BCUT2D eigenvalue weighted by atomic mass is 10.2. The zero-order chi connectivity index (χ0) is 19.1. The summed E-state index contributed by atoms with van der Waals surface area (Å²) in [6.07, 6.45) is 0. The Morgan fingerprint density at radius 2 is 1.78 bits per heavy atom. The number of aromatic nitrogens is 3. The van der Waals surface area contributed by atoms with Crippen molar-refractivity contribution in [2.75, 3.05) is 5.75 Å². The second-order valence-corrected chi connectivity index (χ2v) is 7.99. The minimum absolute atomic E-state index is 0.212. The van der Waals surface area contributed by atoms with Gasteiger partial charge in [-0.05, 0) is 24.6 Å². The first kappa shape index (κ1) is 19.5. The van der Waals surface area contributed by atoms with Crippen LogP contribution in [-0.4, -0.2) is 26.5 Å². The van der Waals surface area contributed by atoms with E-state index in [9.17, 15) is 4.79 Å². The lowest BCUT2D eigenvalue weighted by Crippen LogP contribution is -2.08. The fourth-order valence-corrected chi connectivity index (χ4v) is 3.89. The van der Waals surface area contributed by atoms with E-state index in [0.717, 1.165) is 17.1 Å². The first-order chi connectivity index (χ1) is 13.1. The molecule has 0 amide bonds. The normalized spacial score (nSPS) is 10.7. The number of carbonyl (C=O) groups is 1. The van der Waals surface area contributed by atoms with Crippen LogP contribution < -0.4 is 0 Å². The Labute approximate surface area is 167 Å². The highest BCUT2D eigenvalue weighted by molar-refractivity contribution is 7.99. The molecule has 7 heteroatoms.